The average Bonchev–Trinajstić information content (AvgIpc) is 2.68. The number of carbonyl (C=O) groups excluding carboxylic acids is 1. The Morgan fingerprint density at radius 1 is 1.19 bits per heavy atom. The van der Waals surface area contributed by atoms with Gasteiger partial charge in [-0.3, -0.25) is 15.0 Å². The van der Waals surface area contributed by atoms with Crippen molar-refractivity contribution in [2.24, 2.45) is 0 Å². The molecule has 2 aromatic rings. The summed E-state index contributed by atoms with van der Waals surface area (Å²) in [4.78, 5) is 21.2. The summed E-state index contributed by atoms with van der Waals surface area (Å²) in [5.74, 6) is -0.487. The second-order valence-electron chi connectivity index (χ2n) is 6.93. The van der Waals surface area contributed by atoms with Crippen molar-refractivity contribution in [3.8, 4) is 0 Å². The Kier molecular flexibility index (Phi) is 5.85. The van der Waals surface area contributed by atoms with Crippen LogP contribution in [-0.4, -0.2) is 59.3 Å². The van der Waals surface area contributed by atoms with Crippen LogP contribution in [0.1, 0.15) is 28.9 Å². The van der Waals surface area contributed by atoms with Crippen molar-refractivity contribution in [2.45, 2.75) is 25.4 Å². The van der Waals surface area contributed by atoms with Crippen LogP contribution in [0.3, 0.4) is 0 Å². The van der Waals surface area contributed by atoms with E-state index in [9.17, 15) is 10.0 Å². The number of rotatable bonds is 5. The molecule has 3 rings (SSSR count). The number of hydrogen-bond donors (Lipinski definition) is 1. The van der Waals surface area contributed by atoms with Gasteiger partial charge in [-0.25, -0.2) is 5.06 Å². The van der Waals surface area contributed by atoms with E-state index < -0.39 is 5.91 Å². The van der Waals surface area contributed by atoms with Crippen molar-refractivity contribution in [3.63, 3.8) is 0 Å². The SMILES string of the molecule is CN(C)C1CCN(c2ccnc(C(=O)N(O)Cc3ccccc3)c2)CC1. The first-order chi connectivity index (χ1) is 12.5. The summed E-state index contributed by atoms with van der Waals surface area (Å²) in [7, 11) is 4.23. The Balaban J connectivity index is 1.66. The average molecular weight is 354 g/mol. The highest BCUT2D eigenvalue weighted by Gasteiger charge is 2.22. The maximum atomic E-state index is 12.5. The molecule has 1 saturated heterocycles. The van der Waals surface area contributed by atoms with Gasteiger partial charge in [-0.1, -0.05) is 30.3 Å². The summed E-state index contributed by atoms with van der Waals surface area (Å²) < 4.78 is 0. The highest BCUT2D eigenvalue weighted by molar-refractivity contribution is 5.92. The van der Waals surface area contributed by atoms with Gasteiger partial charge >= 0.3 is 0 Å². The molecule has 1 aliphatic rings. The van der Waals surface area contributed by atoms with Gasteiger partial charge in [0.05, 0.1) is 6.54 Å². The van der Waals surface area contributed by atoms with Gasteiger partial charge in [0.1, 0.15) is 5.69 Å². The summed E-state index contributed by atoms with van der Waals surface area (Å²) in [6.45, 7) is 2.04. The number of hydroxylamine groups is 2. The molecule has 0 spiro atoms. The maximum Gasteiger partial charge on any atom is 0.296 e. The molecule has 1 aliphatic heterocycles. The number of piperidine rings is 1. The Morgan fingerprint density at radius 2 is 1.88 bits per heavy atom. The molecule has 1 N–H and O–H groups in total. The molecule has 0 unspecified atom stereocenters. The van der Waals surface area contributed by atoms with Crippen LogP contribution in [0.4, 0.5) is 5.69 Å². The topological polar surface area (TPSA) is 59.9 Å². The Hall–Kier alpha value is -2.44. The van der Waals surface area contributed by atoms with E-state index in [1.54, 1.807) is 12.3 Å². The van der Waals surface area contributed by atoms with E-state index >= 15 is 0 Å². The number of hydrogen-bond acceptors (Lipinski definition) is 5. The molecule has 0 atom stereocenters. The van der Waals surface area contributed by atoms with Crippen LogP contribution in [0.25, 0.3) is 0 Å². The Morgan fingerprint density at radius 3 is 2.54 bits per heavy atom. The van der Waals surface area contributed by atoms with Crippen LogP contribution in [0, 0.1) is 0 Å². The maximum absolute atomic E-state index is 12.5. The minimum atomic E-state index is -0.487. The third-order valence-corrected chi connectivity index (χ3v) is 4.93. The highest BCUT2D eigenvalue weighted by Crippen LogP contribution is 2.22. The minimum absolute atomic E-state index is 0.139. The van der Waals surface area contributed by atoms with Crippen molar-refractivity contribution in [3.05, 3.63) is 59.9 Å². The summed E-state index contributed by atoms with van der Waals surface area (Å²) in [5, 5.41) is 10.9. The van der Waals surface area contributed by atoms with E-state index in [1.165, 1.54) is 0 Å². The largest absolute Gasteiger partial charge is 0.371 e. The molecule has 0 saturated carbocycles. The fraction of sp³-hybridized carbons (Fsp3) is 0.400. The first-order valence-electron chi connectivity index (χ1n) is 8.96. The van der Waals surface area contributed by atoms with Crippen LogP contribution >= 0.6 is 0 Å². The molecule has 6 nitrogen and oxygen atoms in total. The second-order valence-corrected chi connectivity index (χ2v) is 6.93. The zero-order valence-electron chi connectivity index (χ0n) is 15.4. The molecule has 0 radical (unpaired) electrons. The van der Waals surface area contributed by atoms with Gasteiger partial charge in [-0.15, -0.1) is 0 Å². The zero-order valence-corrected chi connectivity index (χ0v) is 15.4. The molecule has 2 heterocycles. The molecule has 1 amide bonds. The van der Waals surface area contributed by atoms with Gasteiger partial charge in [-0.05, 0) is 44.6 Å². The van der Waals surface area contributed by atoms with Crippen molar-refractivity contribution in [1.29, 1.82) is 0 Å². The summed E-state index contributed by atoms with van der Waals surface area (Å²) in [6.07, 6.45) is 3.83. The number of pyridine rings is 1. The lowest BCUT2D eigenvalue weighted by Gasteiger charge is -2.36. The highest BCUT2D eigenvalue weighted by atomic mass is 16.5. The minimum Gasteiger partial charge on any atom is -0.371 e. The lowest BCUT2D eigenvalue weighted by molar-refractivity contribution is -0.0652. The molecular formula is C20H26N4O2. The summed E-state index contributed by atoms with van der Waals surface area (Å²) in [6, 6.07) is 13.7. The quantitative estimate of drug-likeness (QED) is 0.661. The van der Waals surface area contributed by atoms with Gasteiger partial charge in [0.25, 0.3) is 5.91 Å². The summed E-state index contributed by atoms with van der Waals surface area (Å²) in [5.41, 5.74) is 2.11. The number of anilines is 1. The van der Waals surface area contributed by atoms with Crippen molar-refractivity contribution in [1.82, 2.24) is 14.9 Å². The van der Waals surface area contributed by atoms with Gasteiger partial charge in [-0.2, -0.15) is 0 Å². The van der Waals surface area contributed by atoms with E-state index in [0.717, 1.165) is 42.2 Å². The number of aromatic nitrogens is 1. The second kappa shape index (κ2) is 8.29. The standard InChI is InChI=1S/C20H26N4O2/c1-22(2)17-9-12-23(13-10-17)18-8-11-21-19(14-18)20(25)24(26)15-16-6-4-3-5-7-16/h3-8,11,14,17,26H,9-10,12-13,15H2,1-2H3. The van der Waals surface area contributed by atoms with Gasteiger partial charge in [0.15, 0.2) is 0 Å². The fourth-order valence-electron chi connectivity index (χ4n) is 3.33. The number of nitrogens with zero attached hydrogens (tertiary/aromatic N) is 4. The Labute approximate surface area is 154 Å². The first-order valence-corrected chi connectivity index (χ1v) is 8.96. The molecule has 1 aromatic heterocycles. The molecule has 6 heteroatoms. The van der Waals surface area contributed by atoms with E-state index in [0.29, 0.717) is 6.04 Å². The third-order valence-electron chi connectivity index (χ3n) is 4.93. The van der Waals surface area contributed by atoms with E-state index in [-0.39, 0.29) is 12.2 Å². The molecule has 26 heavy (non-hydrogen) atoms. The van der Waals surface area contributed by atoms with Crippen LogP contribution < -0.4 is 4.90 Å². The van der Waals surface area contributed by atoms with Crippen LogP contribution in [-0.2, 0) is 6.54 Å². The van der Waals surface area contributed by atoms with Crippen LogP contribution in [0.2, 0.25) is 0 Å². The molecular weight excluding hydrogens is 328 g/mol. The number of carbonyl (C=O) groups is 1. The fourth-order valence-corrected chi connectivity index (χ4v) is 3.33. The lowest BCUT2D eigenvalue weighted by atomic mass is 10.0. The van der Waals surface area contributed by atoms with Gasteiger partial charge in [0.2, 0.25) is 0 Å². The van der Waals surface area contributed by atoms with Gasteiger partial charge in [0, 0.05) is 31.0 Å². The van der Waals surface area contributed by atoms with Crippen LogP contribution in [0.15, 0.2) is 48.7 Å². The summed E-state index contributed by atoms with van der Waals surface area (Å²) >= 11 is 0. The lowest BCUT2D eigenvalue weighted by Crippen LogP contribution is -2.42. The van der Waals surface area contributed by atoms with Crippen molar-refractivity contribution in [2.75, 3.05) is 32.1 Å². The van der Waals surface area contributed by atoms with Crippen LogP contribution in [0.5, 0.6) is 0 Å². The van der Waals surface area contributed by atoms with Crippen molar-refractivity contribution >= 4 is 11.6 Å². The van der Waals surface area contributed by atoms with E-state index in [2.05, 4.69) is 28.9 Å². The molecule has 0 bridgehead atoms. The normalized spacial score (nSPS) is 15.3. The Bertz CT molecular complexity index is 728. The molecule has 138 valence electrons. The number of amides is 1. The number of benzene rings is 1. The third kappa shape index (κ3) is 4.39. The zero-order chi connectivity index (χ0) is 18.5. The molecule has 0 aliphatic carbocycles. The molecule has 1 aromatic carbocycles. The van der Waals surface area contributed by atoms with Gasteiger partial charge < -0.3 is 9.80 Å². The predicted molar refractivity (Wildman–Crippen MR) is 101 cm³/mol. The monoisotopic (exact) mass is 354 g/mol. The first kappa shape index (κ1) is 18.4. The molecule has 1 fully saturated rings. The predicted octanol–water partition coefficient (Wildman–Crippen LogP) is 2.64. The van der Waals surface area contributed by atoms with E-state index in [4.69, 9.17) is 0 Å². The smallest absolute Gasteiger partial charge is 0.296 e. The van der Waals surface area contributed by atoms with Crippen molar-refractivity contribution < 1.29 is 10.0 Å². The van der Waals surface area contributed by atoms with E-state index in [1.807, 2.05) is 36.4 Å².